The maximum absolute atomic E-state index is 14.3. The van der Waals surface area contributed by atoms with Gasteiger partial charge in [-0.1, -0.05) is 20.3 Å². The third-order valence-corrected chi connectivity index (χ3v) is 11.5. The number of nitrogens with one attached hydrogen (secondary N) is 1. The van der Waals surface area contributed by atoms with Crippen molar-refractivity contribution in [1.29, 1.82) is 0 Å². The second-order valence-electron chi connectivity index (χ2n) is 14.2. The molecular weight excluding hydrogens is 1030 g/mol. The quantitative estimate of drug-likeness (QED) is 0.146. The number of carbonyl (C=O) groups excluding carboxylic acids is 4. The molecule has 6 N–H and O–H groups in total. The fourth-order valence-corrected chi connectivity index (χ4v) is 8.64. The zero-order valence-electron chi connectivity index (χ0n) is 27.2. The molecule has 252 valence electrons. The van der Waals surface area contributed by atoms with Gasteiger partial charge in [0, 0.05) is 126 Å². The molecule has 0 aromatic heterocycles. The van der Waals surface area contributed by atoms with Crippen molar-refractivity contribution in [2.75, 3.05) is 6.61 Å². The Morgan fingerprint density at radius 3 is 2.13 bits per heavy atom. The van der Waals surface area contributed by atoms with Crippen LogP contribution in [0.5, 0.6) is 0 Å². The molecule has 1 aliphatic heterocycles. The molecule has 13 nitrogen and oxygen atoms in total. The first-order valence-corrected chi connectivity index (χ1v) is 15.3. The van der Waals surface area contributed by atoms with Crippen LogP contribution in [-0.2, 0) is 33.4 Å². The number of esters is 2. The Bertz CT molecular complexity index is 1290. The first-order chi connectivity index (χ1) is 20.3. The maximum Gasteiger partial charge on any atom is 0.337 e. The van der Waals surface area contributed by atoms with Crippen LogP contribution in [0.1, 0.15) is 73.6 Å². The number of carbonyl (C=O) groups is 4. The van der Waals surface area contributed by atoms with Gasteiger partial charge in [-0.2, -0.15) is 0 Å². The van der Waals surface area contributed by atoms with Crippen molar-refractivity contribution in [3.05, 3.63) is 11.1 Å². The van der Waals surface area contributed by atoms with Crippen LogP contribution in [0.15, 0.2) is 11.1 Å². The molecule has 4 aliphatic carbocycles. The third kappa shape index (κ3) is 6.19. The first-order valence-electron chi connectivity index (χ1n) is 15.3. The van der Waals surface area contributed by atoms with Crippen molar-refractivity contribution in [1.82, 2.24) is 5.32 Å². The molecule has 11 atom stereocenters. The van der Waals surface area contributed by atoms with Gasteiger partial charge in [-0.05, 0) is 43.8 Å². The Hall–Kier alpha value is 0.463. The number of aliphatic hydroxyl groups is 5. The van der Waals surface area contributed by atoms with Crippen molar-refractivity contribution in [2.45, 2.75) is 128 Å². The number of fused-ring (bicyclic) bond motifs is 5. The minimum absolute atomic E-state index is 0. The zero-order chi connectivity index (χ0) is 32.7. The molecule has 1 unspecified atom stereocenters. The number of Topliss-reactive ketones (excluding diaryl/α,β-unsaturated/α-hetero) is 1. The third-order valence-electron chi connectivity index (χ3n) is 11.5. The molecule has 46 heavy (non-hydrogen) atoms. The van der Waals surface area contributed by atoms with Crippen LogP contribution in [0.4, 0.5) is 0 Å². The molecule has 2 radical (unpaired) electrons. The van der Waals surface area contributed by atoms with Crippen LogP contribution in [0.3, 0.4) is 0 Å². The van der Waals surface area contributed by atoms with Crippen LogP contribution in [0, 0.1) is 111 Å². The molecule has 15 heteroatoms. The predicted molar refractivity (Wildman–Crippen MR) is 150 cm³/mol. The standard InChI is InChI=1S/C31H45NO12.2Ac/c1-13-17(44-27(39)23(37)21(32-14(2)33)16-8-7-9-16)11-31(41)26(43-15(3)34)24-29(6,18(35)10-19-30(24,40)12-42-19)25(38)22(36)20(13)28(31,4)5;;/h16-19,21-24,26,35-37,40-41H,7-12H2,1-6H3,(H,32,33);;/t17?,18-,19+,21-,22+,23+,24-,26-,29+,30-,31+;;/m0../s1. The average molecular weight is 1080 g/mol. The summed E-state index contributed by atoms with van der Waals surface area (Å²) >= 11 is 0. The summed E-state index contributed by atoms with van der Waals surface area (Å²) in [6.45, 7) is 8.19. The van der Waals surface area contributed by atoms with Crippen LogP contribution in [0.2, 0.25) is 0 Å². The summed E-state index contributed by atoms with van der Waals surface area (Å²) in [5, 5.41) is 61.4. The second-order valence-corrected chi connectivity index (χ2v) is 14.2. The summed E-state index contributed by atoms with van der Waals surface area (Å²) in [5.41, 5.74) is -7.08. The Kier molecular flexibility index (Phi) is 12.7. The summed E-state index contributed by atoms with van der Waals surface area (Å²) in [7, 11) is 0. The molecule has 5 rings (SSSR count). The van der Waals surface area contributed by atoms with Gasteiger partial charge in [0.2, 0.25) is 5.91 Å². The largest absolute Gasteiger partial charge is 0.459 e. The van der Waals surface area contributed by atoms with E-state index in [1.165, 1.54) is 20.8 Å². The van der Waals surface area contributed by atoms with Gasteiger partial charge in [0.05, 0.1) is 30.3 Å². The summed E-state index contributed by atoms with van der Waals surface area (Å²) in [4.78, 5) is 52.2. The van der Waals surface area contributed by atoms with Gasteiger partial charge < -0.3 is 45.1 Å². The van der Waals surface area contributed by atoms with Crippen LogP contribution >= 0.6 is 0 Å². The van der Waals surface area contributed by atoms with Gasteiger partial charge in [-0.15, -0.1) is 0 Å². The Morgan fingerprint density at radius 2 is 1.65 bits per heavy atom. The van der Waals surface area contributed by atoms with E-state index in [9.17, 15) is 44.7 Å². The SMILES string of the molecule is CC(=O)N[C@@H](C1CCC1)[C@@H](O)C(=O)OC1C[C@@]2(O)[C@@H](OC(C)=O)[C@@H]3[C@]4(O)CO[C@@H]4C[C@H](O)[C@@]3(C)C(=O)[C@H](O)C(=C1C)C2(C)C.[Ac].[Ac]. The molecular formula is C31H45Ac2NO12. The minimum atomic E-state index is -2.17. The molecule has 1 saturated heterocycles. The minimum Gasteiger partial charge on any atom is -0.459 e. The molecule has 1 amide bonds. The van der Waals surface area contributed by atoms with Gasteiger partial charge in [-0.25, -0.2) is 4.79 Å². The van der Waals surface area contributed by atoms with Crippen molar-refractivity contribution in [3.63, 3.8) is 0 Å². The molecule has 3 saturated carbocycles. The normalized spacial score (nSPS) is 40.8. The Labute approximate surface area is 340 Å². The van der Waals surface area contributed by atoms with Gasteiger partial charge in [0.25, 0.3) is 0 Å². The van der Waals surface area contributed by atoms with E-state index in [1.54, 1.807) is 13.8 Å². The Balaban J connectivity index is 0.00000288. The van der Waals surface area contributed by atoms with E-state index in [0.717, 1.165) is 13.3 Å². The van der Waals surface area contributed by atoms with Crippen LogP contribution in [-0.4, -0.2) is 110 Å². The summed E-state index contributed by atoms with van der Waals surface area (Å²) in [6.07, 6.45) is -7.14. The molecule has 0 aromatic rings. The summed E-state index contributed by atoms with van der Waals surface area (Å²) in [6, 6.07) is -0.898. The fraction of sp³-hybridized carbons (Fsp3) is 0.806. The Morgan fingerprint density at radius 1 is 1.04 bits per heavy atom. The molecule has 4 fully saturated rings. The topological polar surface area (TPSA) is 209 Å². The molecule has 0 aromatic carbocycles. The second kappa shape index (κ2) is 14.2. The number of hydrogen-bond acceptors (Lipinski definition) is 12. The summed E-state index contributed by atoms with van der Waals surface area (Å²) in [5.74, 6) is -4.74. The van der Waals surface area contributed by atoms with E-state index in [4.69, 9.17) is 14.2 Å². The van der Waals surface area contributed by atoms with Gasteiger partial charge >= 0.3 is 11.9 Å². The predicted octanol–water partition coefficient (Wildman–Crippen LogP) is -0.566. The number of hydrogen-bond donors (Lipinski definition) is 6. The van der Waals surface area contributed by atoms with E-state index in [0.29, 0.717) is 12.8 Å². The van der Waals surface area contributed by atoms with Crippen molar-refractivity contribution in [3.8, 4) is 0 Å². The zero-order valence-corrected chi connectivity index (χ0v) is 36.7. The average Bonchev–Trinajstić information content (AvgIpc) is 2.89. The van der Waals surface area contributed by atoms with Crippen LogP contribution in [0.25, 0.3) is 0 Å². The van der Waals surface area contributed by atoms with Gasteiger partial charge in [0.15, 0.2) is 11.9 Å². The van der Waals surface area contributed by atoms with E-state index < -0.39 is 101 Å². The van der Waals surface area contributed by atoms with Crippen molar-refractivity contribution in [2.24, 2.45) is 22.7 Å². The van der Waals surface area contributed by atoms with E-state index in [1.807, 2.05) is 0 Å². The maximum atomic E-state index is 14.3. The number of amides is 1. The number of ketones is 1. The number of aliphatic hydroxyl groups excluding tert-OH is 3. The molecule has 5 aliphatic rings. The van der Waals surface area contributed by atoms with Crippen LogP contribution < -0.4 is 5.32 Å². The fourth-order valence-electron chi connectivity index (χ4n) is 8.64. The molecule has 0 spiro atoms. The van der Waals surface area contributed by atoms with Gasteiger partial charge in [-0.3, -0.25) is 14.4 Å². The smallest absolute Gasteiger partial charge is 0.337 e. The molecule has 1 heterocycles. The van der Waals surface area contributed by atoms with E-state index in [-0.39, 0.29) is 118 Å². The monoisotopic (exact) mass is 1080 g/mol. The first kappa shape index (κ1) is 40.9. The van der Waals surface area contributed by atoms with Gasteiger partial charge in [0.1, 0.15) is 29.5 Å². The number of rotatable bonds is 6. The molecule has 2 bridgehead atoms. The summed E-state index contributed by atoms with van der Waals surface area (Å²) < 4.78 is 17.1. The number of ether oxygens (including phenoxy) is 3. The van der Waals surface area contributed by atoms with E-state index in [2.05, 4.69) is 5.32 Å². The van der Waals surface area contributed by atoms with Crippen molar-refractivity contribution < 1.29 is 147 Å². The van der Waals surface area contributed by atoms with Crippen molar-refractivity contribution >= 4 is 23.6 Å². The van der Waals surface area contributed by atoms with E-state index >= 15 is 0 Å².